The van der Waals surface area contributed by atoms with E-state index in [-0.39, 0.29) is 10.9 Å². The van der Waals surface area contributed by atoms with Crippen molar-refractivity contribution in [2.45, 2.75) is 11.4 Å². The summed E-state index contributed by atoms with van der Waals surface area (Å²) in [6.07, 6.45) is 0. The zero-order valence-electron chi connectivity index (χ0n) is 14.5. The van der Waals surface area contributed by atoms with Crippen molar-refractivity contribution in [1.82, 2.24) is 19.7 Å². The van der Waals surface area contributed by atoms with Crippen molar-refractivity contribution in [3.63, 3.8) is 0 Å². The molecule has 1 amide bonds. The Labute approximate surface area is 158 Å². The third kappa shape index (κ3) is 3.74. The van der Waals surface area contributed by atoms with Crippen LogP contribution in [0.25, 0.3) is 10.9 Å². The zero-order chi connectivity index (χ0) is 20.3. The average molecular weight is 402 g/mol. The van der Waals surface area contributed by atoms with Crippen LogP contribution in [0.3, 0.4) is 0 Å². The molecule has 10 nitrogen and oxygen atoms in total. The van der Waals surface area contributed by atoms with E-state index < -0.39 is 38.9 Å². The van der Waals surface area contributed by atoms with Gasteiger partial charge in [-0.25, -0.2) is 22.6 Å². The number of aromatic nitrogens is 3. The Hall–Kier alpha value is -3.60. The fourth-order valence-corrected chi connectivity index (χ4v) is 3.65. The van der Waals surface area contributed by atoms with Gasteiger partial charge in [0, 0.05) is 0 Å². The summed E-state index contributed by atoms with van der Waals surface area (Å²) >= 11 is 0. The van der Waals surface area contributed by atoms with E-state index in [0.717, 1.165) is 17.9 Å². The van der Waals surface area contributed by atoms with Gasteiger partial charge in [-0.3, -0.25) is 9.59 Å². The Morgan fingerprint density at radius 1 is 1.11 bits per heavy atom. The summed E-state index contributed by atoms with van der Waals surface area (Å²) in [6, 6.07) is 11.7. The van der Waals surface area contributed by atoms with Crippen molar-refractivity contribution in [1.29, 1.82) is 0 Å². The Balaban J connectivity index is 1.87. The number of esters is 1. The van der Waals surface area contributed by atoms with Crippen LogP contribution < -0.4 is 10.3 Å². The van der Waals surface area contributed by atoms with E-state index in [1.54, 1.807) is 18.2 Å². The zero-order valence-corrected chi connectivity index (χ0v) is 15.3. The lowest BCUT2D eigenvalue weighted by Gasteiger charge is -2.10. The van der Waals surface area contributed by atoms with Gasteiger partial charge in [0.1, 0.15) is 17.0 Å². The van der Waals surface area contributed by atoms with E-state index in [9.17, 15) is 22.8 Å². The number of rotatable bonds is 5. The lowest BCUT2D eigenvalue weighted by atomic mass is 10.2. The first-order valence-corrected chi connectivity index (χ1v) is 9.37. The Bertz CT molecular complexity index is 1240. The summed E-state index contributed by atoms with van der Waals surface area (Å²) in [4.78, 5) is 35.9. The number of hydrogen-bond donors (Lipinski definition) is 1. The van der Waals surface area contributed by atoms with E-state index in [1.165, 1.54) is 24.3 Å². The van der Waals surface area contributed by atoms with E-state index in [2.05, 4.69) is 15.0 Å². The highest BCUT2D eigenvalue weighted by atomic mass is 32.2. The molecule has 1 N–H and O–H groups in total. The highest BCUT2D eigenvalue weighted by Gasteiger charge is 2.25. The highest BCUT2D eigenvalue weighted by molar-refractivity contribution is 7.90. The molecule has 0 radical (unpaired) electrons. The number of fused-ring (bicyclic) bond motifs is 1. The number of methoxy groups -OCH3 is 1. The average Bonchev–Trinajstić information content (AvgIpc) is 2.69. The van der Waals surface area contributed by atoms with Gasteiger partial charge in [-0.15, -0.1) is 5.10 Å². The first-order valence-electron chi connectivity index (χ1n) is 7.89. The Morgan fingerprint density at radius 3 is 2.54 bits per heavy atom. The van der Waals surface area contributed by atoms with E-state index >= 15 is 0 Å². The van der Waals surface area contributed by atoms with Crippen molar-refractivity contribution in [3.05, 3.63) is 64.4 Å². The van der Waals surface area contributed by atoms with Crippen LogP contribution in [0.4, 0.5) is 0 Å². The van der Waals surface area contributed by atoms with E-state index in [4.69, 9.17) is 0 Å². The molecule has 1 heterocycles. The molecule has 28 heavy (non-hydrogen) atoms. The molecular formula is C17H14N4O6S. The maximum absolute atomic E-state index is 12.5. The summed E-state index contributed by atoms with van der Waals surface area (Å²) in [5, 5.41) is 7.69. The smallest absolute Gasteiger partial charge is 0.339 e. The van der Waals surface area contributed by atoms with Gasteiger partial charge in [-0.2, -0.15) is 0 Å². The molecule has 0 bridgehead atoms. The Morgan fingerprint density at radius 2 is 1.79 bits per heavy atom. The predicted octanol–water partition coefficient (Wildman–Crippen LogP) is 0.0832. The second-order valence-corrected chi connectivity index (χ2v) is 7.24. The largest absolute Gasteiger partial charge is 0.465 e. The third-order valence-corrected chi connectivity index (χ3v) is 5.18. The van der Waals surface area contributed by atoms with Gasteiger partial charge < -0.3 is 4.74 Å². The minimum absolute atomic E-state index is 0.229. The van der Waals surface area contributed by atoms with Crippen LogP contribution in [0, 0.1) is 0 Å². The standard InChI is InChI=1S/C17H14N4O6S/c1-27-17(24)12-7-3-5-9-14(12)28(25,26)19-15(22)10-21-16(23)11-6-2-4-8-13(11)18-20-21/h2-9H,10H2,1H3,(H,19,22). The second kappa shape index (κ2) is 7.56. The molecular weight excluding hydrogens is 388 g/mol. The topological polar surface area (TPSA) is 137 Å². The molecule has 0 saturated carbocycles. The number of sulfonamides is 1. The van der Waals surface area contributed by atoms with Crippen molar-refractivity contribution in [2.24, 2.45) is 0 Å². The molecule has 3 rings (SSSR count). The second-order valence-electron chi connectivity index (χ2n) is 5.59. The molecule has 0 saturated heterocycles. The number of benzene rings is 2. The van der Waals surface area contributed by atoms with E-state index in [0.29, 0.717) is 5.52 Å². The van der Waals surface area contributed by atoms with Crippen LogP contribution in [0.2, 0.25) is 0 Å². The van der Waals surface area contributed by atoms with Gasteiger partial charge in [0.2, 0.25) is 0 Å². The molecule has 1 aromatic heterocycles. The van der Waals surface area contributed by atoms with Gasteiger partial charge in [0.25, 0.3) is 21.5 Å². The van der Waals surface area contributed by atoms with Gasteiger partial charge in [-0.1, -0.05) is 29.5 Å². The van der Waals surface area contributed by atoms with Gasteiger partial charge >= 0.3 is 5.97 Å². The minimum atomic E-state index is -4.38. The van der Waals surface area contributed by atoms with Crippen LogP contribution in [0.5, 0.6) is 0 Å². The number of hydrogen-bond acceptors (Lipinski definition) is 8. The molecule has 11 heteroatoms. The van der Waals surface area contributed by atoms with Crippen LogP contribution in [0.1, 0.15) is 10.4 Å². The molecule has 0 fully saturated rings. The van der Waals surface area contributed by atoms with Gasteiger partial charge in [0.15, 0.2) is 0 Å². The normalized spacial score (nSPS) is 11.2. The van der Waals surface area contributed by atoms with Crippen molar-refractivity contribution in [3.8, 4) is 0 Å². The summed E-state index contributed by atoms with van der Waals surface area (Å²) in [5.41, 5.74) is -0.468. The monoisotopic (exact) mass is 402 g/mol. The number of amides is 1. The number of nitrogens with zero attached hydrogens (tertiary/aromatic N) is 3. The van der Waals surface area contributed by atoms with Crippen LogP contribution in [-0.2, 0) is 26.1 Å². The molecule has 144 valence electrons. The molecule has 0 aliphatic rings. The fourth-order valence-electron chi connectivity index (χ4n) is 2.48. The molecule has 3 aromatic rings. The molecule has 0 atom stereocenters. The molecule has 0 spiro atoms. The summed E-state index contributed by atoms with van der Waals surface area (Å²) in [5.74, 6) is -1.89. The highest BCUT2D eigenvalue weighted by Crippen LogP contribution is 2.16. The van der Waals surface area contributed by atoms with E-state index in [1.807, 2.05) is 4.72 Å². The first kappa shape index (κ1) is 19.2. The molecule has 0 aliphatic carbocycles. The van der Waals surface area contributed by atoms with Gasteiger partial charge in [0.05, 0.1) is 18.1 Å². The van der Waals surface area contributed by atoms with Crippen LogP contribution in [0.15, 0.2) is 58.2 Å². The summed E-state index contributed by atoms with van der Waals surface area (Å²) in [6.45, 7) is -0.670. The summed E-state index contributed by atoms with van der Waals surface area (Å²) < 4.78 is 32.1. The van der Waals surface area contributed by atoms with Crippen LogP contribution >= 0.6 is 0 Å². The maximum Gasteiger partial charge on any atom is 0.339 e. The molecule has 0 unspecified atom stereocenters. The lowest BCUT2D eigenvalue weighted by molar-refractivity contribution is -0.120. The number of ether oxygens (including phenoxy) is 1. The van der Waals surface area contributed by atoms with Crippen molar-refractivity contribution < 1.29 is 22.7 Å². The van der Waals surface area contributed by atoms with Crippen molar-refractivity contribution in [2.75, 3.05) is 7.11 Å². The van der Waals surface area contributed by atoms with Crippen molar-refractivity contribution >= 4 is 32.8 Å². The van der Waals surface area contributed by atoms with Crippen LogP contribution in [-0.4, -0.2) is 42.4 Å². The molecule has 0 aliphatic heterocycles. The first-order chi connectivity index (χ1) is 13.3. The summed E-state index contributed by atoms with van der Waals surface area (Å²) in [7, 11) is -3.28. The lowest BCUT2D eigenvalue weighted by Crippen LogP contribution is -2.37. The number of carbonyl (C=O) groups is 2. The maximum atomic E-state index is 12.5. The SMILES string of the molecule is COC(=O)c1ccccc1S(=O)(=O)NC(=O)Cn1nnc2ccccc2c1=O. The fraction of sp³-hybridized carbons (Fsp3) is 0.118. The number of nitrogens with one attached hydrogen (secondary N) is 1. The molecule has 2 aromatic carbocycles. The number of carbonyl (C=O) groups excluding carboxylic acids is 2. The third-order valence-electron chi connectivity index (χ3n) is 3.75. The quantitative estimate of drug-likeness (QED) is 0.593. The van der Waals surface area contributed by atoms with Gasteiger partial charge in [-0.05, 0) is 24.3 Å². The minimum Gasteiger partial charge on any atom is -0.465 e. The predicted molar refractivity (Wildman–Crippen MR) is 96.9 cm³/mol. The Kier molecular flexibility index (Phi) is 5.18.